The minimum atomic E-state index is -4.72. The summed E-state index contributed by atoms with van der Waals surface area (Å²) in [5.41, 5.74) is 5.33. The molecule has 0 radical (unpaired) electrons. The molecule has 12 heteroatoms. The number of esters is 2. The van der Waals surface area contributed by atoms with Crippen molar-refractivity contribution in [3.05, 3.63) is 24.3 Å². The lowest BCUT2D eigenvalue weighted by atomic mass is 10.1. The van der Waals surface area contributed by atoms with E-state index in [-0.39, 0.29) is 19.4 Å². The fourth-order valence-electron chi connectivity index (χ4n) is 6.11. The first kappa shape index (κ1) is 54.0. The highest BCUT2D eigenvalue weighted by Gasteiger charge is 2.28. The predicted octanol–water partition coefficient (Wildman–Crippen LogP) is 11.8. The largest absolute Gasteiger partial charge is 0.480 e. The molecule has 0 aliphatic heterocycles. The predicted molar refractivity (Wildman–Crippen MR) is 226 cm³/mol. The van der Waals surface area contributed by atoms with Crippen LogP contribution in [0.3, 0.4) is 0 Å². The first-order valence-electron chi connectivity index (χ1n) is 22.4. The van der Waals surface area contributed by atoms with Gasteiger partial charge in [-0.3, -0.25) is 23.4 Å². The van der Waals surface area contributed by atoms with Gasteiger partial charge in [0, 0.05) is 12.8 Å². The Labute approximate surface area is 340 Å². The molecule has 0 aromatic rings. The zero-order valence-electron chi connectivity index (χ0n) is 35.5. The molecule has 4 N–H and O–H groups in total. The van der Waals surface area contributed by atoms with Crippen molar-refractivity contribution in [2.24, 2.45) is 5.73 Å². The third-order valence-electron chi connectivity index (χ3n) is 9.67. The van der Waals surface area contributed by atoms with Crippen molar-refractivity contribution < 1.29 is 47.5 Å². The lowest BCUT2D eigenvalue weighted by Crippen LogP contribution is -2.34. The molecule has 0 saturated carbocycles. The number of carboxylic acid groups (broad SMARTS) is 1. The fraction of sp³-hybridized carbons (Fsp3) is 0.841. The van der Waals surface area contributed by atoms with Gasteiger partial charge in [0.2, 0.25) is 0 Å². The topological polar surface area (TPSA) is 172 Å². The molecule has 0 fully saturated rings. The molecule has 0 bridgehead atoms. The van der Waals surface area contributed by atoms with Crippen LogP contribution in [-0.2, 0) is 37.5 Å². The van der Waals surface area contributed by atoms with E-state index >= 15 is 0 Å². The lowest BCUT2D eigenvalue weighted by Gasteiger charge is -2.20. The van der Waals surface area contributed by atoms with Gasteiger partial charge in [-0.15, -0.1) is 0 Å². The van der Waals surface area contributed by atoms with Crippen molar-refractivity contribution >= 4 is 25.7 Å². The molecule has 11 nitrogen and oxygen atoms in total. The van der Waals surface area contributed by atoms with Gasteiger partial charge in [-0.1, -0.05) is 154 Å². The Balaban J connectivity index is 4.37. The molecular weight excluding hydrogens is 733 g/mol. The van der Waals surface area contributed by atoms with Crippen LogP contribution in [0.25, 0.3) is 0 Å². The second-order valence-corrected chi connectivity index (χ2v) is 16.6. The Kier molecular flexibility index (Phi) is 38.3. The summed E-state index contributed by atoms with van der Waals surface area (Å²) in [5.74, 6) is -2.40. The number of allylic oxidation sites excluding steroid dienone is 4. The minimum absolute atomic E-state index is 0.154. The van der Waals surface area contributed by atoms with Gasteiger partial charge in [-0.2, -0.15) is 0 Å². The highest BCUT2D eigenvalue weighted by molar-refractivity contribution is 7.47. The number of carbonyl (C=O) groups is 3. The van der Waals surface area contributed by atoms with Crippen LogP contribution in [0.1, 0.15) is 206 Å². The van der Waals surface area contributed by atoms with Crippen LogP contribution in [0.15, 0.2) is 24.3 Å². The van der Waals surface area contributed by atoms with E-state index in [4.69, 9.17) is 24.8 Å². The van der Waals surface area contributed by atoms with E-state index in [0.29, 0.717) is 12.8 Å². The van der Waals surface area contributed by atoms with E-state index in [1.54, 1.807) is 0 Å². The highest BCUT2D eigenvalue weighted by Crippen LogP contribution is 2.43. The average Bonchev–Trinajstić information content (AvgIpc) is 3.17. The molecule has 56 heavy (non-hydrogen) atoms. The maximum absolute atomic E-state index is 12.6. The van der Waals surface area contributed by atoms with Gasteiger partial charge in [-0.05, 0) is 64.2 Å². The van der Waals surface area contributed by atoms with Gasteiger partial charge in [-0.25, -0.2) is 4.57 Å². The zero-order valence-corrected chi connectivity index (χ0v) is 36.4. The number of phosphoric acid groups is 1. The summed E-state index contributed by atoms with van der Waals surface area (Å²) in [6.07, 6.45) is 41.0. The molecule has 0 saturated heterocycles. The Bertz CT molecular complexity index is 1050. The Morgan fingerprint density at radius 3 is 1.34 bits per heavy atom. The summed E-state index contributed by atoms with van der Waals surface area (Å²) in [6, 6.07) is -1.52. The number of phosphoric ester groups is 1. The van der Waals surface area contributed by atoms with Crippen molar-refractivity contribution in [1.82, 2.24) is 0 Å². The molecule has 328 valence electrons. The summed E-state index contributed by atoms with van der Waals surface area (Å²) < 4.78 is 32.7. The summed E-state index contributed by atoms with van der Waals surface area (Å²) in [4.78, 5) is 45.9. The molecule has 0 aliphatic carbocycles. The third kappa shape index (κ3) is 38.8. The molecule has 0 aromatic heterocycles. The monoisotopic (exact) mass is 816 g/mol. The van der Waals surface area contributed by atoms with E-state index < -0.39 is 51.1 Å². The number of rotatable bonds is 42. The number of aliphatic carboxylic acids is 1. The van der Waals surface area contributed by atoms with Crippen molar-refractivity contribution in [1.29, 1.82) is 0 Å². The number of carbonyl (C=O) groups excluding carboxylic acids is 2. The standard InChI is InChI=1S/C44H82NO10P/c1-3-5-7-9-11-13-15-17-19-20-22-24-26-28-30-32-34-36-43(47)55-40(38-53-56(50,51)54-39-41(45)44(48)49)37-52-42(46)35-33-31-29-27-25-23-21-18-16-14-12-10-8-6-4-2/h17,19,25,27,40-41H,3-16,18,20-24,26,28-39,45H2,1-2H3,(H,48,49)(H,50,51)/b19-17+,27-25+/t40-,41+/m1/s1. The van der Waals surface area contributed by atoms with E-state index in [1.165, 1.54) is 116 Å². The van der Waals surface area contributed by atoms with Crippen LogP contribution in [-0.4, -0.2) is 59.9 Å². The number of hydrogen-bond donors (Lipinski definition) is 3. The molecule has 3 atom stereocenters. The van der Waals surface area contributed by atoms with Gasteiger partial charge in [0.1, 0.15) is 12.6 Å². The molecule has 0 amide bonds. The normalized spacial score (nSPS) is 13.9. The number of hydrogen-bond acceptors (Lipinski definition) is 9. The van der Waals surface area contributed by atoms with Gasteiger partial charge in [0.15, 0.2) is 6.10 Å². The Morgan fingerprint density at radius 1 is 0.536 bits per heavy atom. The van der Waals surface area contributed by atoms with Gasteiger partial charge in [0.25, 0.3) is 0 Å². The summed E-state index contributed by atoms with van der Waals surface area (Å²) in [6.45, 7) is 2.79. The molecule has 1 unspecified atom stereocenters. The number of ether oxygens (including phenoxy) is 2. The quantitative estimate of drug-likeness (QED) is 0.0232. The Hall–Kier alpha value is -2.04. The maximum atomic E-state index is 12.6. The van der Waals surface area contributed by atoms with Crippen molar-refractivity contribution in [3.63, 3.8) is 0 Å². The zero-order chi connectivity index (χ0) is 41.4. The van der Waals surface area contributed by atoms with Crippen LogP contribution in [0.4, 0.5) is 0 Å². The summed E-state index contributed by atoms with van der Waals surface area (Å²) >= 11 is 0. The van der Waals surface area contributed by atoms with E-state index in [0.717, 1.165) is 51.4 Å². The highest BCUT2D eigenvalue weighted by atomic mass is 31.2. The van der Waals surface area contributed by atoms with Crippen LogP contribution >= 0.6 is 7.82 Å². The van der Waals surface area contributed by atoms with Crippen LogP contribution in [0.5, 0.6) is 0 Å². The molecule has 0 rings (SSSR count). The molecule has 0 heterocycles. The second-order valence-electron chi connectivity index (χ2n) is 15.2. The lowest BCUT2D eigenvalue weighted by molar-refractivity contribution is -0.161. The summed E-state index contributed by atoms with van der Waals surface area (Å²) in [5, 5.41) is 8.89. The fourth-order valence-corrected chi connectivity index (χ4v) is 6.89. The van der Waals surface area contributed by atoms with E-state index in [1.807, 2.05) is 0 Å². The van der Waals surface area contributed by atoms with E-state index in [2.05, 4.69) is 42.7 Å². The average molecular weight is 816 g/mol. The van der Waals surface area contributed by atoms with Gasteiger partial charge in [0.05, 0.1) is 13.2 Å². The summed E-state index contributed by atoms with van der Waals surface area (Å²) in [7, 11) is -4.72. The van der Waals surface area contributed by atoms with E-state index in [9.17, 15) is 23.8 Å². The van der Waals surface area contributed by atoms with Crippen LogP contribution in [0.2, 0.25) is 0 Å². The Morgan fingerprint density at radius 2 is 0.893 bits per heavy atom. The SMILES string of the molecule is CCCCCCCC/C=C/CCCCCCCCCC(=O)O[C@H](COC(=O)CCCC/C=C/CCCCCCCCCCC)COP(=O)(O)OC[C@H](N)C(=O)O. The minimum Gasteiger partial charge on any atom is -0.480 e. The first-order valence-corrected chi connectivity index (χ1v) is 23.9. The first-order chi connectivity index (χ1) is 27.1. The maximum Gasteiger partial charge on any atom is 0.472 e. The van der Waals surface area contributed by atoms with Crippen molar-refractivity contribution in [3.8, 4) is 0 Å². The number of unbranched alkanes of at least 4 members (excludes halogenated alkanes) is 24. The molecule has 0 spiro atoms. The number of nitrogens with two attached hydrogens (primary N) is 1. The van der Waals surface area contributed by atoms with Crippen LogP contribution in [0, 0.1) is 0 Å². The second kappa shape index (κ2) is 39.8. The number of carboxylic acids is 1. The third-order valence-corrected chi connectivity index (χ3v) is 10.6. The molecule has 0 aromatic carbocycles. The van der Waals surface area contributed by atoms with Crippen LogP contribution < -0.4 is 5.73 Å². The van der Waals surface area contributed by atoms with Crippen molar-refractivity contribution in [2.75, 3.05) is 19.8 Å². The molecule has 0 aliphatic rings. The van der Waals surface area contributed by atoms with Gasteiger partial charge < -0.3 is 25.2 Å². The van der Waals surface area contributed by atoms with Gasteiger partial charge >= 0.3 is 25.7 Å². The smallest absolute Gasteiger partial charge is 0.472 e. The molecular formula is C44H82NO10P. The van der Waals surface area contributed by atoms with Crippen molar-refractivity contribution in [2.45, 2.75) is 219 Å².